The van der Waals surface area contributed by atoms with Gasteiger partial charge in [0, 0.05) is 12.6 Å². The molecule has 0 atom stereocenters. The van der Waals surface area contributed by atoms with Crippen molar-refractivity contribution >= 4 is 23.5 Å². The van der Waals surface area contributed by atoms with E-state index in [4.69, 9.17) is 9.57 Å². The molecule has 2 rings (SSSR count). The summed E-state index contributed by atoms with van der Waals surface area (Å²) in [5, 5.41) is 15.9. The number of oxime groups is 1. The smallest absolute Gasteiger partial charge is 0.413 e. The molecule has 1 heterocycles. The molecule has 0 aliphatic rings. The second kappa shape index (κ2) is 10.2. The molecule has 0 fully saturated rings. The Hall–Kier alpha value is -3.46. The number of hydrogen-bond donors (Lipinski definition) is 3. The van der Waals surface area contributed by atoms with Crippen molar-refractivity contribution in [3.8, 4) is 0 Å². The lowest BCUT2D eigenvalue weighted by molar-refractivity contribution is 0.0635. The Balaban J connectivity index is 2.08. The van der Waals surface area contributed by atoms with Crippen molar-refractivity contribution in [2.45, 2.75) is 33.0 Å². The lowest BCUT2D eigenvalue weighted by Gasteiger charge is -2.19. The number of benzene rings is 1. The minimum Gasteiger partial charge on any atom is -0.444 e. The summed E-state index contributed by atoms with van der Waals surface area (Å²) >= 11 is 0. The monoisotopic (exact) mass is 399 g/mol. The minimum atomic E-state index is -0.605. The molecule has 0 radical (unpaired) electrons. The van der Waals surface area contributed by atoms with E-state index < -0.39 is 11.7 Å². The molecule has 2 aromatic rings. The van der Waals surface area contributed by atoms with Crippen LogP contribution in [0.5, 0.6) is 0 Å². The highest BCUT2D eigenvalue weighted by atomic mass is 16.6. The van der Waals surface area contributed by atoms with Gasteiger partial charge in [0.05, 0.1) is 5.69 Å². The van der Waals surface area contributed by atoms with Crippen LogP contribution in [0.2, 0.25) is 0 Å². The molecule has 9 nitrogen and oxygen atoms in total. The zero-order valence-corrected chi connectivity index (χ0v) is 16.8. The van der Waals surface area contributed by atoms with Crippen LogP contribution in [0.3, 0.4) is 0 Å². The minimum absolute atomic E-state index is 0.0442. The van der Waals surface area contributed by atoms with Crippen LogP contribution in [0.4, 0.5) is 10.6 Å². The zero-order chi connectivity index (χ0) is 21.3. The van der Waals surface area contributed by atoms with Crippen molar-refractivity contribution in [2.75, 3.05) is 12.4 Å². The summed E-state index contributed by atoms with van der Waals surface area (Å²) in [5.74, 6) is 0.491. The highest BCUT2D eigenvalue weighted by Crippen LogP contribution is 2.11. The van der Waals surface area contributed by atoms with Crippen LogP contribution in [0.1, 0.15) is 32.0 Å². The third kappa shape index (κ3) is 7.23. The number of carbonyl (C=O) groups excluding carboxylic acids is 1. The molecule has 1 aromatic heterocycles. The molecule has 0 aliphatic heterocycles. The highest BCUT2D eigenvalue weighted by Gasteiger charge is 2.16. The van der Waals surface area contributed by atoms with Crippen molar-refractivity contribution in [3.63, 3.8) is 0 Å². The van der Waals surface area contributed by atoms with Crippen LogP contribution in [0.15, 0.2) is 58.7 Å². The maximum atomic E-state index is 11.9. The maximum absolute atomic E-state index is 11.9. The summed E-state index contributed by atoms with van der Waals surface area (Å²) in [6, 6.07) is 14.3. The molecule has 0 aliphatic carbocycles. The molecule has 0 bridgehead atoms. The summed E-state index contributed by atoms with van der Waals surface area (Å²) in [4.78, 5) is 25.5. The SMILES string of the molecule is CN=C(NO)C(=NOCc1cccc(NC(=O)OC(C)(C)C)n1)c1ccccc1. The maximum Gasteiger partial charge on any atom is 0.413 e. The Labute approximate surface area is 169 Å². The number of ether oxygens (including phenoxy) is 1. The molecule has 0 saturated heterocycles. The summed E-state index contributed by atoms with van der Waals surface area (Å²) in [6.45, 7) is 5.38. The van der Waals surface area contributed by atoms with Crippen LogP contribution >= 0.6 is 0 Å². The first-order chi connectivity index (χ1) is 13.8. The molecule has 3 N–H and O–H groups in total. The van der Waals surface area contributed by atoms with Crippen LogP contribution < -0.4 is 10.8 Å². The van der Waals surface area contributed by atoms with Crippen molar-refractivity contribution in [1.29, 1.82) is 0 Å². The number of aliphatic imine (C=N–C) groups is 1. The summed E-state index contributed by atoms with van der Waals surface area (Å²) in [7, 11) is 1.52. The molecule has 9 heteroatoms. The second-order valence-corrected chi connectivity index (χ2v) is 6.90. The van der Waals surface area contributed by atoms with Crippen LogP contribution in [-0.4, -0.2) is 40.5 Å². The number of nitrogens with zero attached hydrogens (tertiary/aromatic N) is 3. The number of carbonyl (C=O) groups is 1. The number of aromatic nitrogens is 1. The Kier molecular flexibility index (Phi) is 7.67. The van der Waals surface area contributed by atoms with Gasteiger partial charge in [-0.15, -0.1) is 0 Å². The van der Waals surface area contributed by atoms with E-state index in [2.05, 4.69) is 20.4 Å². The van der Waals surface area contributed by atoms with E-state index in [0.717, 1.165) is 0 Å². The van der Waals surface area contributed by atoms with Gasteiger partial charge in [-0.1, -0.05) is 41.6 Å². The van der Waals surface area contributed by atoms with Crippen LogP contribution in [-0.2, 0) is 16.2 Å². The van der Waals surface area contributed by atoms with Crippen molar-refractivity contribution < 1.29 is 19.6 Å². The van der Waals surface area contributed by atoms with Gasteiger partial charge in [-0.2, -0.15) is 0 Å². The largest absolute Gasteiger partial charge is 0.444 e. The molecule has 29 heavy (non-hydrogen) atoms. The van der Waals surface area contributed by atoms with Crippen molar-refractivity contribution in [2.24, 2.45) is 10.1 Å². The van der Waals surface area contributed by atoms with Gasteiger partial charge in [0.25, 0.3) is 0 Å². The standard InChI is InChI=1S/C20H25N5O4/c1-20(2,3)29-19(26)23-16-12-8-11-15(22-16)13-28-25-17(18(21-4)24-27)14-9-6-5-7-10-14/h5-12,27H,13H2,1-4H3,(H,21,24)(H,22,23,26). The molecule has 0 saturated carbocycles. The average molecular weight is 399 g/mol. The topological polar surface area (TPSA) is 117 Å². The normalized spacial score (nSPS) is 12.3. The van der Waals surface area contributed by atoms with E-state index in [0.29, 0.717) is 22.8 Å². The molecule has 1 aromatic carbocycles. The van der Waals surface area contributed by atoms with Gasteiger partial charge in [0.2, 0.25) is 0 Å². The molecule has 154 valence electrons. The fourth-order valence-corrected chi connectivity index (χ4v) is 2.24. The van der Waals surface area contributed by atoms with Crippen molar-refractivity contribution in [1.82, 2.24) is 10.5 Å². The predicted octanol–water partition coefficient (Wildman–Crippen LogP) is 3.36. The van der Waals surface area contributed by atoms with E-state index in [1.165, 1.54) is 7.05 Å². The highest BCUT2D eigenvalue weighted by molar-refractivity contribution is 6.47. The Morgan fingerprint density at radius 2 is 1.86 bits per heavy atom. The van der Waals surface area contributed by atoms with E-state index >= 15 is 0 Å². The summed E-state index contributed by atoms with van der Waals surface area (Å²) in [5.41, 5.74) is 2.99. The van der Waals surface area contributed by atoms with Crippen molar-refractivity contribution in [3.05, 3.63) is 59.8 Å². The molecule has 1 amide bonds. The second-order valence-electron chi connectivity index (χ2n) is 6.90. The van der Waals surface area contributed by atoms with Gasteiger partial charge < -0.3 is 9.57 Å². The number of amidine groups is 1. The summed E-state index contributed by atoms with van der Waals surface area (Å²) < 4.78 is 5.21. The first kappa shape index (κ1) is 21.8. The van der Waals surface area contributed by atoms with Crippen LogP contribution in [0.25, 0.3) is 0 Å². The van der Waals surface area contributed by atoms with Gasteiger partial charge in [-0.3, -0.25) is 21.0 Å². The van der Waals surface area contributed by atoms with E-state index in [-0.39, 0.29) is 12.4 Å². The Morgan fingerprint density at radius 1 is 1.14 bits per heavy atom. The average Bonchev–Trinajstić information content (AvgIpc) is 2.67. The quantitative estimate of drug-likeness (QED) is 0.389. The van der Waals surface area contributed by atoms with E-state index in [9.17, 15) is 10.0 Å². The molecular formula is C20H25N5O4. The van der Waals surface area contributed by atoms with Gasteiger partial charge >= 0.3 is 6.09 Å². The number of anilines is 1. The summed E-state index contributed by atoms with van der Waals surface area (Å²) in [6.07, 6.45) is -0.592. The zero-order valence-electron chi connectivity index (χ0n) is 16.8. The number of rotatable bonds is 6. The number of pyridine rings is 1. The Bertz CT molecular complexity index is 876. The Morgan fingerprint density at radius 3 is 2.48 bits per heavy atom. The van der Waals surface area contributed by atoms with E-state index in [1.807, 2.05) is 35.8 Å². The number of hydroxylamine groups is 1. The first-order valence-corrected chi connectivity index (χ1v) is 8.91. The fourth-order valence-electron chi connectivity index (χ4n) is 2.24. The van der Waals surface area contributed by atoms with E-state index in [1.54, 1.807) is 39.0 Å². The number of amides is 1. The third-order valence-electron chi connectivity index (χ3n) is 3.41. The van der Waals surface area contributed by atoms with Gasteiger partial charge in [0.15, 0.2) is 18.2 Å². The molecule has 0 unspecified atom stereocenters. The van der Waals surface area contributed by atoms with Gasteiger partial charge in [-0.25, -0.2) is 9.78 Å². The molecular weight excluding hydrogens is 374 g/mol. The van der Waals surface area contributed by atoms with Crippen LogP contribution in [0, 0.1) is 0 Å². The third-order valence-corrected chi connectivity index (χ3v) is 3.41. The number of hydrogen-bond acceptors (Lipinski definition) is 7. The number of nitrogens with one attached hydrogen (secondary N) is 2. The lowest BCUT2D eigenvalue weighted by atomic mass is 10.1. The lowest BCUT2D eigenvalue weighted by Crippen LogP contribution is -2.29. The predicted molar refractivity (Wildman–Crippen MR) is 110 cm³/mol. The fraction of sp³-hybridized carbons (Fsp3) is 0.300. The van der Waals surface area contributed by atoms with Gasteiger partial charge in [-0.05, 0) is 32.9 Å². The first-order valence-electron chi connectivity index (χ1n) is 8.91. The van der Waals surface area contributed by atoms with Gasteiger partial charge in [0.1, 0.15) is 11.4 Å². The molecule has 0 spiro atoms.